The van der Waals surface area contributed by atoms with Crippen LogP contribution in [0.4, 0.5) is 5.69 Å². The van der Waals surface area contributed by atoms with Gasteiger partial charge in [-0.3, -0.25) is 9.59 Å². The molecule has 21 heavy (non-hydrogen) atoms. The van der Waals surface area contributed by atoms with E-state index in [-0.39, 0.29) is 17.9 Å². The van der Waals surface area contributed by atoms with Crippen LogP contribution in [0.2, 0.25) is 0 Å². The zero-order valence-corrected chi connectivity index (χ0v) is 12.6. The second-order valence-electron chi connectivity index (χ2n) is 6.14. The molecule has 3 rings (SSSR count). The number of anilines is 1. The number of fused-ring (bicyclic) bond motifs is 1. The number of nitrogens with zero attached hydrogens (tertiary/aromatic N) is 1. The Morgan fingerprint density at radius 3 is 2.76 bits per heavy atom. The molecule has 1 aliphatic heterocycles. The third kappa shape index (κ3) is 2.53. The highest BCUT2D eigenvalue weighted by Crippen LogP contribution is 2.39. The van der Waals surface area contributed by atoms with E-state index in [1.165, 1.54) is 5.57 Å². The van der Waals surface area contributed by atoms with Gasteiger partial charge in [-0.05, 0) is 37.3 Å². The highest BCUT2D eigenvalue weighted by Gasteiger charge is 2.35. The van der Waals surface area contributed by atoms with Gasteiger partial charge in [0, 0.05) is 25.3 Å². The highest BCUT2D eigenvalue weighted by molar-refractivity contribution is 5.98. The Morgan fingerprint density at radius 2 is 2.05 bits per heavy atom. The standard InChI is InChI=1S/C18H21NO2/c1-12-10-18(14-6-5-7-15(21)11-14)19(13(2)20)17-9-4-3-8-16(12)17/h3-4,8-10,14,18H,5-7,11H2,1-2H3/t14-,18-/m0/s1. The lowest BCUT2D eigenvalue weighted by atomic mass is 9.79. The van der Waals surface area contributed by atoms with E-state index in [4.69, 9.17) is 0 Å². The minimum absolute atomic E-state index is 0.0154. The summed E-state index contributed by atoms with van der Waals surface area (Å²) < 4.78 is 0. The molecular formula is C18H21NO2. The summed E-state index contributed by atoms with van der Waals surface area (Å²) in [6, 6.07) is 8.04. The van der Waals surface area contributed by atoms with Gasteiger partial charge in [-0.1, -0.05) is 24.3 Å². The van der Waals surface area contributed by atoms with Crippen LogP contribution in [-0.2, 0) is 9.59 Å². The molecule has 1 saturated carbocycles. The van der Waals surface area contributed by atoms with Crippen LogP contribution in [0.1, 0.15) is 45.1 Å². The van der Waals surface area contributed by atoms with Crippen molar-refractivity contribution in [3.8, 4) is 0 Å². The van der Waals surface area contributed by atoms with Gasteiger partial charge in [0.15, 0.2) is 0 Å². The number of ketones is 1. The van der Waals surface area contributed by atoms with E-state index in [9.17, 15) is 9.59 Å². The largest absolute Gasteiger partial charge is 0.305 e. The maximum atomic E-state index is 12.2. The third-order valence-corrected chi connectivity index (χ3v) is 4.65. The van der Waals surface area contributed by atoms with Crippen molar-refractivity contribution >= 4 is 23.0 Å². The molecule has 110 valence electrons. The molecule has 1 fully saturated rings. The van der Waals surface area contributed by atoms with Crippen molar-refractivity contribution in [2.24, 2.45) is 5.92 Å². The first-order valence-electron chi connectivity index (χ1n) is 7.67. The van der Waals surface area contributed by atoms with Crippen LogP contribution in [0.3, 0.4) is 0 Å². The molecule has 0 radical (unpaired) electrons. The molecule has 0 spiro atoms. The lowest BCUT2D eigenvalue weighted by Gasteiger charge is -2.40. The number of para-hydroxylation sites is 1. The molecule has 3 nitrogen and oxygen atoms in total. The van der Waals surface area contributed by atoms with E-state index in [0.717, 1.165) is 24.1 Å². The fraction of sp³-hybridized carbons (Fsp3) is 0.444. The van der Waals surface area contributed by atoms with Gasteiger partial charge < -0.3 is 4.90 Å². The minimum Gasteiger partial charge on any atom is -0.305 e. The summed E-state index contributed by atoms with van der Waals surface area (Å²) in [5, 5.41) is 0. The number of carbonyl (C=O) groups excluding carboxylic acids is 2. The zero-order chi connectivity index (χ0) is 15.0. The summed E-state index contributed by atoms with van der Waals surface area (Å²) in [6.07, 6.45) is 5.43. The quantitative estimate of drug-likeness (QED) is 0.790. The molecule has 2 aliphatic rings. The first-order chi connectivity index (χ1) is 10.1. The van der Waals surface area contributed by atoms with Crippen LogP contribution in [0.5, 0.6) is 0 Å². The van der Waals surface area contributed by atoms with Gasteiger partial charge in [0.1, 0.15) is 5.78 Å². The van der Waals surface area contributed by atoms with Crippen molar-refractivity contribution in [1.29, 1.82) is 0 Å². The number of benzene rings is 1. The van der Waals surface area contributed by atoms with Crippen molar-refractivity contribution in [3.63, 3.8) is 0 Å². The SMILES string of the molecule is CC(=O)N1c2ccccc2C(C)=C[C@H]1[C@H]1CCCC(=O)C1. The van der Waals surface area contributed by atoms with Crippen LogP contribution in [0.25, 0.3) is 5.57 Å². The molecule has 1 heterocycles. The zero-order valence-electron chi connectivity index (χ0n) is 12.6. The molecule has 0 bridgehead atoms. The molecule has 0 unspecified atom stereocenters. The summed E-state index contributed by atoms with van der Waals surface area (Å²) in [4.78, 5) is 25.9. The van der Waals surface area contributed by atoms with Crippen LogP contribution in [0, 0.1) is 5.92 Å². The Morgan fingerprint density at radius 1 is 1.29 bits per heavy atom. The Bertz CT molecular complexity index is 617. The monoisotopic (exact) mass is 283 g/mol. The smallest absolute Gasteiger partial charge is 0.224 e. The highest BCUT2D eigenvalue weighted by atomic mass is 16.2. The average Bonchev–Trinajstić information content (AvgIpc) is 2.46. The Hall–Kier alpha value is -1.90. The number of hydrogen-bond acceptors (Lipinski definition) is 2. The van der Waals surface area contributed by atoms with E-state index in [1.807, 2.05) is 23.1 Å². The first kappa shape index (κ1) is 14.1. The normalized spacial score (nSPS) is 25.3. The van der Waals surface area contributed by atoms with Crippen molar-refractivity contribution in [2.45, 2.75) is 45.6 Å². The molecule has 1 aliphatic carbocycles. The maximum absolute atomic E-state index is 12.2. The Labute approximate surface area is 125 Å². The van der Waals surface area contributed by atoms with Gasteiger partial charge in [-0.25, -0.2) is 0 Å². The summed E-state index contributed by atoms with van der Waals surface area (Å²) in [6.45, 7) is 3.71. The lowest BCUT2D eigenvalue weighted by molar-refractivity contribution is -0.122. The predicted molar refractivity (Wildman–Crippen MR) is 84.0 cm³/mol. The van der Waals surface area contributed by atoms with E-state index in [0.29, 0.717) is 18.6 Å². The molecule has 1 aromatic carbocycles. The lowest BCUT2D eigenvalue weighted by Crippen LogP contribution is -2.46. The third-order valence-electron chi connectivity index (χ3n) is 4.65. The number of carbonyl (C=O) groups is 2. The van der Waals surface area contributed by atoms with Crippen molar-refractivity contribution in [2.75, 3.05) is 4.90 Å². The molecule has 2 atom stereocenters. The van der Waals surface area contributed by atoms with Gasteiger partial charge in [-0.2, -0.15) is 0 Å². The fourth-order valence-corrected chi connectivity index (χ4v) is 3.67. The molecule has 1 amide bonds. The summed E-state index contributed by atoms with van der Waals surface area (Å²) in [7, 11) is 0. The van der Waals surface area contributed by atoms with E-state index < -0.39 is 0 Å². The summed E-state index contributed by atoms with van der Waals surface area (Å²) in [5.74, 6) is 0.632. The van der Waals surface area contributed by atoms with Crippen LogP contribution in [0.15, 0.2) is 30.3 Å². The predicted octanol–water partition coefficient (Wildman–Crippen LogP) is 3.58. The Balaban J connectivity index is 2.02. The fourth-order valence-electron chi connectivity index (χ4n) is 3.67. The van der Waals surface area contributed by atoms with Gasteiger partial charge in [0.05, 0.1) is 11.7 Å². The summed E-state index contributed by atoms with van der Waals surface area (Å²) in [5.41, 5.74) is 3.30. The number of allylic oxidation sites excluding steroid dienone is 1. The van der Waals surface area contributed by atoms with Crippen LogP contribution >= 0.6 is 0 Å². The Kier molecular flexibility index (Phi) is 3.66. The number of rotatable bonds is 1. The number of amides is 1. The van der Waals surface area contributed by atoms with Crippen LogP contribution < -0.4 is 4.90 Å². The number of Topliss-reactive ketones (excluding diaryl/α,β-unsaturated/α-hetero) is 1. The summed E-state index contributed by atoms with van der Waals surface area (Å²) >= 11 is 0. The molecule has 0 saturated heterocycles. The van der Waals surface area contributed by atoms with Crippen molar-refractivity contribution in [3.05, 3.63) is 35.9 Å². The van der Waals surface area contributed by atoms with E-state index in [1.54, 1.807) is 6.92 Å². The average molecular weight is 283 g/mol. The van der Waals surface area contributed by atoms with Gasteiger partial charge in [0.25, 0.3) is 0 Å². The second-order valence-corrected chi connectivity index (χ2v) is 6.14. The second kappa shape index (κ2) is 5.47. The van der Waals surface area contributed by atoms with E-state index >= 15 is 0 Å². The van der Waals surface area contributed by atoms with Gasteiger partial charge in [-0.15, -0.1) is 0 Å². The van der Waals surface area contributed by atoms with Crippen LogP contribution in [-0.4, -0.2) is 17.7 Å². The van der Waals surface area contributed by atoms with Gasteiger partial charge in [0.2, 0.25) is 5.91 Å². The molecule has 0 N–H and O–H groups in total. The van der Waals surface area contributed by atoms with Crippen molar-refractivity contribution < 1.29 is 9.59 Å². The van der Waals surface area contributed by atoms with E-state index in [2.05, 4.69) is 19.1 Å². The molecular weight excluding hydrogens is 262 g/mol. The maximum Gasteiger partial charge on any atom is 0.224 e. The minimum atomic E-state index is 0.0154. The molecule has 3 heteroatoms. The molecule has 1 aromatic rings. The molecule has 0 aromatic heterocycles. The number of hydrogen-bond donors (Lipinski definition) is 0. The van der Waals surface area contributed by atoms with Gasteiger partial charge >= 0.3 is 0 Å². The van der Waals surface area contributed by atoms with Crippen molar-refractivity contribution in [1.82, 2.24) is 0 Å². The first-order valence-corrected chi connectivity index (χ1v) is 7.67. The topological polar surface area (TPSA) is 37.4 Å².